The van der Waals surface area contributed by atoms with Gasteiger partial charge in [-0.1, -0.05) is 230 Å². The van der Waals surface area contributed by atoms with Crippen molar-refractivity contribution in [2.24, 2.45) is 0 Å². The number of ether oxygens (including phenoxy) is 3. The Morgan fingerprint density at radius 2 is 0.776 bits per heavy atom. The van der Waals surface area contributed by atoms with Gasteiger partial charge in [0.05, 0.1) is 6.61 Å². The van der Waals surface area contributed by atoms with E-state index in [0.717, 1.165) is 77.0 Å². The Morgan fingerprint density at radius 1 is 0.397 bits per heavy atom. The third kappa shape index (κ3) is 46.5. The number of esters is 2. The van der Waals surface area contributed by atoms with Crippen LogP contribution in [0.15, 0.2) is 48.6 Å². The zero-order valence-corrected chi connectivity index (χ0v) is 38.8. The van der Waals surface area contributed by atoms with Crippen molar-refractivity contribution in [3.63, 3.8) is 0 Å². The Labute approximate surface area is 361 Å². The summed E-state index contributed by atoms with van der Waals surface area (Å²) in [4.78, 5) is 25.3. The highest BCUT2D eigenvalue weighted by Gasteiger charge is 2.17. The fourth-order valence-electron chi connectivity index (χ4n) is 7.15. The van der Waals surface area contributed by atoms with Gasteiger partial charge in [0.2, 0.25) is 0 Å². The number of rotatable bonds is 46. The van der Waals surface area contributed by atoms with E-state index in [0.29, 0.717) is 19.4 Å². The highest BCUT2D eigenvalue weighted by atomic mass is 16.6. The molecule has 338 valence electrons. The summed E-state index contributed by atoms with van der Waals surface area (Å²) < 4.78 is 17.3. The van der Waals surface area contributed by atoms with Crippen LogP contribution in [0.2, 0.25) is 0 Å². The molecule has 0 rings (SSSR count). The highest BCUT2D eigenvalue weighted by Crippen LogP contribution is 2.15. The lowest BCUT2D eigenvalue weighted by molar-refractivity contribution is -0.163. The molecule has 0 aliphatic rings. The van der Waals surface area contributed by atoms with Gasteiger partial charge in [0.1, 0.15) is 6.61 Å². The maximum atomic E-state index is 12.7. The summed E-state index contributed by atoms with van der Waals surface area (Å²) in [6.07, 6.45) is 59.7. The summed E-state index contributed by atoms with van der Waals surface area (Å²) in [5, 5.41) is 0. The number of carbonyl (C=O) groups excluding carboxylic acids is 2. The summed E-state index contributed by atoms with van der Waals surface area (Å²) in [5.41, 5.74) is 0. The van der Waals surface area contributed by atoms with Crippen LogP contribution in [0.5, 0.6) is 0 Å². The van der Waals surface area contributed by atoms with Crippen LogP contribution in [0, 0.1) is 0 Å². The van der Waals surface area contributed by atoms with E-state index in [1.54, 1.807) is 0 Å². The van der Waals surface area contributed by atoms with Crippen LogP contribution in [0.25, 0.3) is 0 Å². The molecule has 0 fully saturated rings. The standard InChI is InChI=1S/C53H96O5/c1-4-7-10-13-16-19-21-23-25-26-27-28-30-31-33-35-37-40-43-46-52(54)57-50-51(49-56-48-45-42-39-18-15-12-9-6-3)58-53(55)47-44-41-38-36-34-32-29-24-22-20-17-14-11-8-5-2/h7,10,16,19,23,25,27-28,51H,4-6,8-9,11-15,17-18,20-22,24,26,29-50H2,1-3H3/b10-7-,19-16-,25-23-,28-27-. The van der Waals surface area contributed by atoms with E-state index >= 15 is 0 Å². The SMILES string of the molecule is CC/C=C\C/C=C\C/C=C\C/C=C\CCCCCCCCC(=O)OCC(COCCCCCCCCCC)OC(=O)CCCCCCCCCCCCCCCCC. The van der Waals surface area contributed by atoms with Crippen molar-refractivity contribution < 1.29 is 23.8 Å². The number of hydrogen-bond acceptors (Lipinski definition) is 5. The molecule has 58 heavy (non-hydrogen) atoms. The molecule has 0 aromatic rings. The molecule has 5 nitrogen and oxygen atoms in total. The number of hydrogen-bond donors (Lipinski definition) is 0. The largest absolute Gasteiger partial charge is 0.462 e. The smallest absolute Gasteiger partial charge is 0.306 e. The maximum absolute atomic E-state index is 12.7. The van der Waals surface area contributed by atoms with E-state index < -0.39 is 6.10 Å². The zero-order valence-electron chi connectivity index (χ0n) is 38.8. The lowest BCUT2D eigenvalue weighted by Crippen LogP contribution is -2.30. The van der Waals surface area contributed by atoms with E-state index in [-0.39, 0.29) is 25.2 Å². The maximum Gasteiger partial charge on any atom is 0.306 e. The normalized spacial score (nSPS) is 12.5. The topological polar surface area (TPSA) is 61.8 Å². The summed E-state index contributed by atoms with van der Waals surface area (Å²) >= 11 is 0. The molecule has 0 heterocycles. The average molecular weight is 813 g/mol. The van der Waals surface area contributed by atoms with Crippen molar-refractivity contribution in [2.75, 3.05) is 19.8 Å². The van der Waals surface area contributed by atoms with Crippen molar-refractivity contribution >= 4 is 11.9 Å². The minimum absolute atomic E-state index is 0.0815. The van der Waals surface area contributed by atoms with Crippen LogP contribution in [-0.4, -0.2) is 37.9 Å². The number of unbranched alkanes of at least 4 members (excludes halogenated alkanes) is 27. The van der Waals surface area contributed by atoms with Crippen LogP contribution in [0.3, 0.4) is 0 Å². The van der Waals surface area contributed by atoms with Gasteiger partial charge in [-0.15, -0.1) is 0 Å². The molecule has 0 aromatic carbocycles. The highest BCUT2D eigenvalue weighted by molar-refractivity contribution is 5.70. The van der Waals surface area contributed by atoms with Crippen molar-refractivity contribution in [1.82, 2.24) is 0 Å². The second-order valence-electron chi connectivity index (χ2n) is 16.7. The van der Waals surface area contributed by atoms with Gasteiger partial charge in [0.25, 0.3) is 0 Å². The van der Waals surface area contributed by atoms with Gasteiger partial charge in [-0.05, 0) is 57.8 Å². The predicted molar refractivity (Wildman–Crippen MR) is 251 cm³/mol. The molecule has 0 N–H and O–H groups in total. The number of allylic oxidation sites excluding steroid dienone is 8. The first-order chi connectivity index (χ1) is 28.6. The van der Waals surface area contributed by atoms with Crippen LogP contribution in [0.1, 0.15) is 252 Å². The summed E-state index contributed by atoms with van der Waals surface area (Å²) in [5.74, 6) is -0.403. The molecule has 1 atom stereocenters. The van der Waals surface area contributed by atoms with Crippen molar-refractivity contribution in [2.45, 2.75) is 258 Å². The van der Waals surface area contributed by atoms with Gasteiger partial charge in [-0.3, -0.25) is 9.59 Å². The first-order valence-electron chi connectivity index (χ1n) is 25.2. The lowest BCUT2D eigenvalue weighted by atomic mass is 10.0. The van der Waals surface area contributed by atoms with Crippen LogP contribution >= 0.6 is 0 Å². The van der Waals surface area contributed by atoms with Crippen molar-refractivity contribution in [1.29, 1.82) is 0 Å². The second-order valence-corrected chi connectivity index (χ2v) is 16.7. The van der Waals surface area contributed by atoms with Crippen molar-refractivity contribution in [3.8, 4) is 0 Å². The van der Waals surface area contributed by atoms with Crippen molar-refractivity contribution in [3.05, 3.63) is 48.6 Å². The molecular formula is C53H96O5. The Balaban J connectivity index is 4.16. The first-order valence-corrected chi connectivity index (χ1v) is 25.2. The number of carbonyl (C=O) groups is 2. The minimum atomic E-state index is -0.535. The molecule has 0 amide bonds. The van der Waals surface area contributed by atoms with Crippen LogP contribution < -0.4 is 0 Å². The van der Waals surface area contributed by atoms with E-state index in [1.165, 1.54) is 141 Å². The third-order valence-corrected chi connectivity index (χ3v) is 10.9. The Bertz CT molecular complexity index is 966. The molecule has 0 saturated heterocycles. The van der Waals surface area contributed by atoms with E-state index in [1.807, 2.05) is 0 Å². The zero-order chi connectivity index (χ0) is 42.1. The minimum Gasteiger partial charge on any atom is -0.462 e. The molecule has 5 heteroatoms. The third-order valence-electron chi connectivity index (χ3n) is 10.9. The second kappa shape index (κ2) is 49.2. The van der Waals surface area contributed by atoms with Crippen LogP contribution in [-0.2, 0) is 23.8 Å². The van der Waals surface area contributed by atoms with Crippen LogP contribution in [0.4, 0.5) is 0 Å². The lowest BCUT2D eigenvalue weighted by Gasteiger charge is -2.18. The molecular weight excluding hydrogens is 717 g/mol. The molecule has 0 saturated carbocycles. The van der Waals surface area contributed by atoms with E-state index in [9.17, 15) is 9.59 Å². The van der Waals surface area contributed by atoms with Gasteiger partial charge in [-0.2, -0.15) is 0 Å². The van der Waals surface area contributed by atoms with Gasteiger partial charge >= 0.3 is 11.9 Å². The Morgan fingerprint density at radius 3 is 1.24 bits per heavy atom. The van der Waals surface area contributed by atoms with E-state index in [2.05, 4.69) is 69.4 Å². The fourth-order valence-corrected chi connectivity index (χ4v) is 7.15. The molecule has 0 aliphatic heterocycles. The average Bonchev–Trinajstić information content (AvgIpc) is 3.22. The molecule has 1 unspecified atom stereocenters. The Hall–Kier alpha value is -2.14. The van der Waals surface area contributed by atoms with Gasteiger partial charge in [-0.25, -0.2) is 0 Å². The Kier molecular flexibility index (Phi) is 47.4. The molecule has 0 aliphatic carbocycles. The molecule has 0 aromatic heterocycles. The molecule has 0 spiro atoms. The van der Waals surface area contributed by atoms with Gasteiger partial charge < -0.3 is 14.2 Å². The quantitative estimate of drug-likeness (QED) is 0.0348. The van der Waals surface area contributed by atoms with Gasteiger partial charge in [0.15, 0.2) is 6.10 Å². The van der Waals surface area contributed by atoms with E-state index in [4.69, 9.17) is 14.2 Å². The summed E-state index contributed by atoms with van der Waals surface area (Å²) in [6, 6.07) is 0. The summed E-state index contributed by atoms with van der Waals surface area (Å²) in [6.45, 7) is 7.72. The molecule has 0 bridgehead atoms. The fraction of sp³-hybridized carbons (Fsp3) is 0.811. The monoisotopic (exact) mass is 813 g/mol. The first kappa shape index (κ1) is 55.9. The van der Waals surface area contributed by atoms with Gasteiger partial charge in [0, 0.05) is 19.4 Å². The predicted octanol–water partition coefficient (Wildman–Crippen LogP) is 16.8. The molecule has 0 radical (unpaired) electrons. The summed E-state index contributed by atoms with van der Waals surface area (Å²) in [7, 11) is 0.